The fourth-order valence-electron chi connectivity index (χ4n) is 2.17. The Labute approximate surface area is 136 Å². The van der Waals surface area contributed by atoms with Gasteiger partial charge in [-0.3, -0.25) is 15.1 Å². The minimum atomic E-state index is -0.530. The fourth-order valence-corrected chi connectivity index (χ4v) is 2.17. The largest absolute Gasteiger partial charge is 0.432 e. The Morgan fingerprint density at radius 2 is 1.83 bits per heavy atom. The lowest BCUT2D eigenvalue weighted by Gasteiger charge is -2.07. The number of hydrogen-bond acceptors (Lipinski definition) is 5. The van der Waals surface area contributed by atoms with Gasteiger partial charge in [0.25, 0.3) is 5.88 Å². The summed E-state index contributed by atoms with van der Waals surface area (Å²) in [6, 6.07) is 10.8. The minimum Gasteiger partial charge on any atom is -0.432 e. The number of nitro groups is 1. The van der Waals surface area contributed by atoms with Crippen molar-refractivity contribution >= 4 is 5.69 Å². The lowest BCUT2D eigenvalue weighted by Crippen LogP contribution is -1.98. The molecule has 0 bridgehead atoms. The molecule has 2 aromatic heterocycles. The molecule has 120 valence electrons. The van der Waals surface area contributed by atoms with Crippen LogP contribution >= 0.6 is 0 Å². The van der Waals surface area contributed by atoms with Crippen LogP contribution in [0.25, 0.3) is 11.3 Å². The van der Waals surface area contributed by atoms with Crippen molar-refractivity contribution in [2.24, 2.45) is 0 Å². The predicted octanol–water partition coefficient (Wildman–Crippen LogP) is 4.29. The van der Waals surface area contributed by atoms with E-state index in [-0.39, 0.29) is 17.4 Å². The van der Waals surface area contributed by atoms with Crippen molar-refractivity contribution in [3.63, 3.8) is 0 Å². The molecule has 0 N–H and O–H groups in total. The summed E-state index contributed by atoms with van der Waals surface area (Å²) in [5.74, 6) is -0.0880. The molecule has 0 atom stereocenters. The number of aryl methyl sites for hydroxylation is 1. The van der Waals surface area contributed by atoms with Crippen LogP contribution in [0.15, 0.2) is 54.9 Å². The molecule has 0 amide bonds. The van der Waals surface area contributed by atoms with Crippen molar-refractivity contribution in [1.82, 2.24) is 9.97 Å². The van der Waals surface area contributed by atoms with Gasteiger partial charge in [-0.2, -0.15) is 0 Å². The molecule has 3 rings (SSSR count). The van der Waals surface area contributed by atoms with Crippen LogP contribution in [0.5, 0.6) is 11.6 Å². The molecule has 1 aromatic carbocycles. The maximum absolute atomic E-state index is 12.9. The van der Waals surface area contributed by atoms with Gasteiger partial charge in [-0.25, -0.2) is 9.37 Å². The van der Waals surface area contributed by atoms with E-state index in [0.717, 1.165) is 5.56 Å². The van der Waals surface area contributed by atoms with E-state index in [1.807, 2.05) is 0 Å². The van der Waals surface area contributed by atoms with Gasteiger partial charge >= 0.3 is 5.69 Å². The van der Waals surface area contributed by atoms with Gasteiger partial charge in [-0.15, -0.1) is 0 Å². The molecular formula is C17H12FN3O3. The highest BCUT2D eigenvalue weighted by Gasteiger charge is 2.20. The Morgan fingerprint density at radius 1 is 1.08 bits per heavy atom. The van der Waals surface area contributed by atoms with Crippen LogP contribution in [0, 0.1) is 22.9 Å². The first-order valence-electron chi connectivity index (χ1n) is 7.04. The SMILES string of the molecule is Cc1ccnc(Oc2ccc(-c3ccc(F)cc3)nc2)c1[N+](=O)[O-]. The minimum absolute atomic E-state index is 0.0867. The third kappa shape index (κ3) is 3.19. The average Bonchev–Trinajstić information content (AvgIpc) is 2.56. The summed E-state index contributed by atoms with van der Waals surface area (Å²) in [6.07, 6.45) is 2.88. The number of pyridine rings is 2. The fraction of sp³-hybridized carbons (Fsp3) is 0.0588. The Balaban J connectivity index is 1.86. The van der Waals surface area contributed by atoms with E-state index < -0.39 is 4.92 Å². The van der Waals surface area contributed by atoms with E-state index in [4.69, 9.17) is 4.74 Å². The molecule has 0 unspecified atom stereocenters. The van der Waals surface area contributed by atoms with Crippen molar-refractivity contribution in [3.8, 4) is 22.9 Å². The highest BCUT2D eigenvalue weighted by molar-refractivity contribution is 5.59. The summed E-state index contributed by atoms with van der Waals surface area (Å²) in [6.45, 7) is 1.61. The van der Waals surface area contributed by atoms with E-state index in [1.54, 1.807) is 37.3 Å². The number of halogens is 1. The Hall–Kier alpha value is -3.35. The maximum atomic E-state index is 12.9. The third-order valence-corrected chi connectivity index (χ3v) is 3.37. The molecule has 0 aliphatic carbocycles. The lowest BCUT2D eigenvalue weighted by molar-refractivity contribution is -0.386. The number of rotatable bonds is 4. The van der Waals surface area contributed by atoms with Gasteiger partial charge in [-0.05, 0) is 49.4 Å². The first kappa shape index (κ1) is 15.5. The lowest BCUT2D eigenvalue weighted by atomic mass is 10.1. The van der Waals surface area contributed by atoms with E-state index in [1.165, 1.54) is 24.5 Å². The normalized spacial score (nSPS) is 10.4. The van der Waals surface area contributed by atoms with Crippen molar-refractivity contribution in [2.75, 3.05) is 0 Å². The van der Waals surface area contributed by atoms with Crippen LogP contribution in [0.3, 0.4) is 0 Å². The molecule has 0 saturated carbocycles. The average molecular weight is 325 g/mol. The summed E-state index contributed by atoms with van der Waals surface area (Å²) in [5, 5.41) is 11.1. The highest BCUT2D eigenvalue weighted by atomic mass is 19.1. The third-order valence-electron chi connectivity index (χ3n) is 3.37. The molecular weight excluding hydrogens is 313 g/mol. The zero-order chi connectivity index (χ0) is 17.1. The first-order chi connectivity index (χ1) is 11.5. The van der Waals surface area contributed by atoms with Crippen LogP contribution in [-0.2, 0) is 0 Å². The van der Waals surface area contributed by atoms with Crippen LogP contribution in [-0.4, -0.2) is 14.9 Å². The summed E-state index contributed by atoms with van der Waals surface area (Å²) in [5.41, 5.74) is 1.66. The van der Waals surface area contributed by atoms with Gasteiger partial charge in [0, 0.05) is 17.3 Å². The summed E-state index contributed by atoms with van der Waals surface area (Å²) >= 11 is 0. The van der Waals surface area contributed by atoms with Gasteiger partial charge in [0.15, 0.2) is 0 Å². The topological polar surface area (TPSA) is 78.2 Å². The number of benzene rings is 1. The first-order valence-corrected chi connectivity index (χ1v) is 7.04. The Bertz CT molecular complexity index is 881. The monoisotopic (exact) mass is 325 g/mol. The summed E-state index contributed by atoms with van der Waals surface area (Å²) in [4.78, 5) is 18.7. The molecule has 24 heavy (non-hydrogen) atoms. The van der Waals surface area contributed by atoms with Gasteiger partial charge in [0.2, 0.25) is 0 Å². The second kappa shape index (κ2) is 6.41. The molecule has 0 spiro atoms. The summed E-state index contributed by atoms with van der Waals surface area (Å²) < 4.78 is 18.4. The molecule has 7 heteroatoms. The van der Waals surface area contributed by atoms with Gasteiger partial charge < -0.3 is 4.74 Å². The molecule has 3 aromatic rings. The summed E-state index contributed by atoms with van der Waals surface area (Å²) in [7, 11) is 0. The Morgan fingerprint density at radius 3 is 2.46 bits per heavy atom. The van der Waals surface area contributed by atoms with Gasteiger partial charge in [0.1, 0.15) is 11.6 Å². The molecule has 0 aliphatic rings. The van der Waals surface area contributed by atoms with Crippen LogP contribution in [0.2, 0.25) is 0 Å². The predicted molar refractivity (Wildman–Crippen MR) is 85.3 cm³/mol. The van der Waals surface area contributed by atoms with Crippen molar-refractivity contribution < 1.29 is 14.1 Å². The molecule has 0 radical (unpaired) electrons. The van der Waals surface area contributed by atoms with Crippen LogP contribution < -0.4 is 4.74 Å². The van der Waals surface area contributed by atoms with E-state index >= 15 is 0 Å². The van der Waals surface area contributed by atoms with E-state index in [0.29, 0.717) is 17.0 Å². The van der Waals surface area contributed by atoms with Crippen molar-refractivity contribution in [2.45, 2.75) is 6.92 Å². The second-order valence-corrected chi connectivity index (χ2v) is 5.03. The zero-order valence-electron chi connectivity index (χ0n) is 12.6. The number of aromatic nitrogens is 2. The van der Waals surface area contributed by atoms with Gasteiger partial charge in [0.05, 0.1) is 16.8 Å². The van der Waals surface area contributed by atoms with Crippen LogP contribution in [0.1, 0.15) is 5.56 Å². The highest BCUT2D eigenvalue weighted by Crippen LogP contribution is 2.31. The Kier molecular flexibility index (Phi) is 4.15. The van der Waals surface area contributed by atoms with E-state index in [2.05, 4.69) is 9.97 Å². The van der Waals surface area contributed by atoms with Crippen molar-refractivity contribution in [3.05, 3.63) is 76.4 Å². The molecule has 0 saturated heterocycles. The maximum Gasteiger partial charge on any atom is 0.334 e. The van der Waals surface area contributed by atoms with Crippen molar-refractivity contribution in [1.29, 1.82) is 0 Å². The second-order valence-electron chi connectivity index (χ2n) is 5.03. The number of ether oxygens (including phenoxy) is 1. The zero-order valence-corrected chi connectivity index (χ0v) is 12.6. The molecule has 6 nitrogen and oxygen atoms in total. The molecule has 2 heterocycles. The van der Waals surface area contributed by atoms with Crippen LogP contribution in [0.4, 0.5) is 10.1 Å². The quantitative estimate of drug-likeness (QED) is 0.528. The molecule has 0 aliphatic heterocycles. The smallest absolute Gasteiger partial charge is 0.334 e. The standard InChI is InChI=1S/C17H12FN3O3/c1-11-8-9-19-17(16(11)21(22)23)24-14-6-7-15(20-10-14)12-2-4-13(18)5-3-12/h2-10H,1H3. The molecule has 0 fully saturated rings. The number of nitrogens with zero attached hydrogens (tertiary/aromatic N) is 3. The van der Waals surface area contributed by atoms with E-state index in [9.17, 15) is 14.5 Å². The number of hydrogen-bond donors (Lipinski definition) is 0. The van der Waals surface area contributed by atoms with Gasteiger partial charge in [-0.1, -0.05) is 0 Å².